The van der Waals surface area contributed by atoms with Crippen LogP contribution < -0.4 is 5.32 Å². The smallest absolute Gasteiger partial charge is 0.251 e. The van der Waals surface area contributed by atoms with Crippen LogP contribution in [0.3, 0.4) is 0 Å². The van der Waals surface area contributed by atoms with Gasteiger partial charge in [-0.15, -0.1) is 0 Å². The third-order valence-corrected chi connectivity index (χ3v) is 2.25. The molecule has 2 N–H and O–H groups in total. The predicted octanol–water partition coefficient (Wildman–Crippen LogP) is 0.0509. The van der Waals surface area contributed by atoms with Gasteiger partial charge in [0.05, 0.1) is 12.1 Å². The first kappa shape index (κ1) is 10.5. The minimum absolute atomic E-state index is 0.0407. The largest absolute Gasteiger partial charge is 0.381 e. The first-order valence-corrected chi connectivity index (χ1v) is 4.56. The van der Waals surface area contributed by atoms with Gasteiger partial charge in [0.15, 0.2) is 0 Å². The summed E-state index contributed by atoms with van der Waals surface area (Å²) < 4.78 is 5.28. The number of amides is 1. The molecule has 0 saturated carbocycles. The second-order valence-electron chi connectivity index (χ2n) is 4.00. The molecule has 4 nitrogen and oxygen atoms in total. The van der Waals surface area contributed by atoms with E-state index in [1.54, 1.807) is 0 Å². The van der Waals surface area contributed by atoms with Crippen molar-refractivity contribution >= 4 is 5.91 Å². The monoisotopic (exact) mass is 187 g/mol. The van der Waals surface area contributed by atoms with Crippen molar-refractivity contribution in [1.82, 2.24) is 5.32 Å². The van der Waals surface area contributed by atoms with Crippen LogP contribution >= 0.6 is 0 Å². The van der Waals surface area contributed by atoms with E-state index in [1.165, 1.54) is 13.8 Å². The van der Waals surface area contributed by atoms with E-state index in [1.807, 2.05) is 6.92 Å². The van der Waals surface area contributed by atoms with E-state index in [0.717, 1.165) is 6.42 Å². The number of aliphatic hydroxyl groups is 1. The van der Waals surface area contributed by atoms with E-state index in [4.69, 9.17) is 4.74 Å². The summed E-state index contributed by atoms with van der Waals surface area (Å²) in [7, 11) is 0. The van der Waals surface area contributed by atoms with E-state index < -0.39 is 5.60 Å². The van der Waals surface area contributed by atoms with Crippen LogP contribution in [0, 0.1) is 0 Å². The quantitative estimate of drug-likeness (QED) is 0.642. The Morgan fingerprint density at radius 2 is 2.23 bits per heavy atom. The first-order valence-electron chi connectivity index (χ1n) is 4.56. The van der Waals surface area contributed by atoms with Crippen molar-refractivity contribution in [3.63, 3.8) is 0 Å². The molecule has 0 aliphatic carbocycles. The molecule has 76 valence electrons. The third-order valence-electron chi connectivity index (χ3n) is 2.25. The van der Waals surface area contributed by atoms with E-state index in [0.29, 0.717) is 6.61 Å². The fourth-order valence-electron chi connectivity index (χ4n) is 1.27. The van der Waals surface area contributed by atoms with Crippen LogP contribution in [0.4, 0.5) is 0 Å². The molecule has 13 heavy (non-hydrogen) atoms. The molecule has 1 rings (SSSR count). The normalized spacial score (nSPS) is 28.9. The van der Waals surface area contributed by atoms with Crippen LogP contribution in [-0.4, -0.2) is 35.4 Å². The fraction of sp³-hybridized carbons (Fsp3) is 0.889. The van der Waals surface area contributed by atoms with Gasteiger partial charge < -0.3 is 15.2 Å². The molecular formula is C9H17NO3. The van der Waals surface area contributed by atoms with Gasteiger partial charge in [-0.05, 0) is 27.2 Å². The van der Waals surface area contributed by atoms with E-state index in [2.05, 4.69) is 5.32 Å². The summed E-state index contributed by atoms with van der Waals surface area (Å²) in [5, 5.41) is 12.1. The Hall–Kier alpha value is -0.610. The zero-order valence-electron chi connectivity index (χ0n) is 8.33. The minimum atomic E-state index is -1.30. The van der Waals surface area contributed by atoms with E-state index >= 15 is 0 Å². The maximum absolute atomic E-state index is 11.3. The van der Waals surface area contributed by atoms with Gasteiger partial charge in [0.25, 0.3) is 5.91 Å². The van der Waals surface area contributed by atoms with Crippen molar-refractivity contribution < 1.29 is 14.6 Å². The van der Waals surface area contributed by atoms with Gasteiger partial charge in [-0.25, -0.2) is 0 Å². The summed E-state index contributed by atoms with van der Waals surface area (Å²) in [6.45, 7) is 5.55. The average molecular weight is 187 g/mol. The van der Waals surface area contributed by atoms with Crippen molar-refractivity contribution in [2.45, 2.75) is 44.9 Å². The molecule has 4 heteroatoms. The van der Waals surface area contributed by atoms with Gasteiger partial charge in [0, 0.05) is 6.61 Å². The summed E-state index contributed by atoms with van der Waals surface area (Å²) in [5.74, 6) is -0.338. The highest BCUT2D eigenvalue weighted by molar-refractivity contribution is 5.84. The summed E-state index contributed by atoms with van der Waals surface area (Å²) in [6.07, 6.45) is 0.870. The van der Waals surface area contributed by atoms with Gasteiger partial charge in [-0.1, -0.05) is 0 Å². The Balaban J connectivity index is 2.45. The number of hydrogen-bond acceptors (Lipinski definition) is 3. The number of ether oxygens (including phenoxy) is 1. The van der Waals surface area contributed by atoms with Crippen molar-refractivity contribution in [1.29, 1.82) is 0 Å². The minimum Gasteiger partial charge on any atom is -0.381 e. The molecule has 0 spiro atoms. The molecule has 2 unspecified atom stereocenters. The van der Waals surface area contributed by atoms with Crippen LogP contribution in [0.25, 0.3) is 0 Å². The molecule has 0 aromatic rings. The summed E-state index contributed by atoms with van der Waals surface area (Å²) in [6, 6.07) is 0.0407. The molecule has 1 aliphatic heterocycles. The van der Waals surface area contributed by atoms with Crippen LogP contribution in [0.2, 0.25) is 0 Å². The SMILES string of the molecule is CC1OCCC1NC(=O)C(C)(C)O. The second kappa shape index (κ2) is 3.64. The van der Waals surface area contributed by atoms with Crippen LogP contribution in [0.1, 0.15) is 27.2 Å². The highest BCUT2D eigenvalue weighted by Gasteiger charge is 2.31. The number of carbonyl (C=O) groups is 1. The number of hydrogen-bond donors (Lipinski definition) is 2. The maximum Gasteiger partial charge on any atom is 0.251 e. The van der Waals surface area contributed by atoms with Crippen molar-refractivity contribution in [2.75, 3.05) is 6.61 Å². The van der Waals surface area contributed by atoms with E-state index in [9.17, 15) is 9.90 Å². The van der Waals surface area contributed by atoms with Gasteiger partial charge >= 0.3 is 0 Å². The third kappa shape index (κ3) is 2.67. The lowest BCUT2D eigenvalue weighted by Gasteiger charge is -2.22. The Morgan fingerprint density at radius 3 is 2.62 bits per heavy atom. The highest BCUT2D eigenvalue weighted by atomic mass is 16.5. The second-order valence-corrected chi connectivity index (χ2v) is 4.00. The molecular weight excluding hydrogens is 170 g/mol. The molecule has 1 fully saturated rings. The summed E-state index contributed by atoms with van der Waals surface area (Å²) >= 11 is 0. The number of carbonyl (C=O) groups excluding carboxylic acids is 1. The highest BCUT2D eigenvalue weighted by Crippen LogP contribution is 2.13. The Labute approximate surface area is 78.3 Å². The zero-order chi connectivity index (χ0) is 10.1. The Morgan fingerprint density at radius 1 is 1.62 bits per heavy atom. The maximum atomic E-state index is 11.3. The van der Waals surface area contributed by atoms with Gasteiger partial charge in [-0.2, -0.15) is 0 Å². The van der Waals surface area contributed by atoms with Gasteiger partial charge in [-0.3, -0.25) is 4.79 Å². The Kier molecular flexibility index (Phi) is 2.93. The fourth-order valence-corrected chi connectivity index (χ4v) is 1.27. The van der Waals surface area contributed by atoms with Crippen molar-refractivity contribution in [3.05, 3.63) is 0 Å². The molecule has 1 amide bonds. The lowest BCUT2D eigenvalue weighted by Crippen LogP contribution is -2.48. The first-order chi connectivity index (χ1) is 5.91. The Bertz CT molecular complexity index is 198. The summed E-state index contributed by atoms with van der Waals surface area (Å²) in [5.41, 5.74) is -1.30. The standard InChI is InChI=1S/C9H17NO3/c1-6-7(4-5-13-6)10-8(11)9(2,3)12/h6-7,12H,4-5H2,1-3H3,(H,10,11). The molecule has 1 aliphatic rings. The molecule has 0 aromatic carbocycles. The molecule has 0 bridgehead atoms. The number of nitrogens with one attached hydrogen (secondary N) is 1. The lowest BCUT2D eigenvalue weighted by atomic mass is 10.1. The predicted molar refractivity (Wildman–Crippen MR) is 48.3 cm³/mol. The molecule has 0 aromatic heterocycles. The van der Waals surface area contributed by atoms with Crippen molar-refractivity contribution in [2.24, 2.45) is 0 Å². The van der Waals surface area contributed by atoms with Crippen LogP contribution in [-0.2, 0) is 9.53 Å². The van der Waals surface area contributed by atoms with Gasteiger partial charge in [0.2, 0.25) is 0 Å². The molecule has 2 atom stereocenters. The van der Waals surface area contributed by atoms with E-state index in [-0.39, 0.29) is 18.1 Å². The van der Waals surface area contributed by atoms with Crippen molar-refractivity contribution in [3.8, 4) is 0 Å². The van der Waals surface area contributed by atoms with Gasteiger partial charge in [0.1, 0.15) is 5.60 Å². The number of rotatable bonds is 2. The molecule has 1 saturated heterocycles. The molecule has 0 radical (unpaired) electrons. The molecule has 1 heterocycles. The van der Waals surface area contributed by atoms with Crippen LogP contribution in [0.15, 0.2) is 0 Å². The lowest BCUT2D eigenvalue weighted by molar-refractivity contribution is -0.137. The average Bonchev–Trinajstić information content (AvgIpc) is 2.34. The topological polar surface area (TPSA) is 58.6 Å². The van der Waals surface area contributed by atoms with Crippen LogP contribution in [0.5, 0.6) is 0 Å². The summed E-state index contributed by atoms with van der Waals surface area (Å²) in [4.78, 5) is 11.3. The zero-order valence-corrected chi connectivity index (χ0v) is 8.33.